The van der Waals surface area contributed by atoms with Crippen molar-refractivity contribution in [2.24, 2.45) is 0 Å². The number of rotatable bonds is 1. The number of nitrogens with one attached hydrogen (secondary N) is 1. The SMILES string of the molecule is Cc1cc(N)sc1-c1nc2c(C)cc(Br)cc2[nH]1. The highest BCUT2D eigenvalue weighted by Gasteiger charge is 2.12. The monoisotopic (exact) mass is 321 g/mol. The molecule has 1 aromatic carbocycles. The number of hydrogen-bond acceptors (Lipinski definition) is 3. The molecule has 3 nitrogen and oxygen atoms in total. The molecule has 0 atom stereocenters. The van der Waals surface area contributed by atoms with Crippen LogP contribution in [-0.4, -0.2) is 9.97 Å². The van der Waals surface area contributed by atoms with Crippen molar-refractivity contribution in [2.45, 2.75) is 13.8 Å². The van der Waals surface area contributed by atoms with Gasteiger partial charge in [-0.2, -0.15) is 0 Å². The Morgan fingerprint density at radius 3 is 2.67 bits per heavy atom. The third kappa shape index (κ3) is 1.83. The molecule has 0 aliphatic carbocycles. The molecule has 0 bridgehead atoms. The molecule has 0 unspecified atom stereocenters. The average Bonchev–Trinajstić information content (AvgIpc) is 2.81. The molecule has 0 spiro atoms. The number of benzene rings is 1. The van der Waals surface area contributed by atoms with E-state index in [-0.39, 0.29) is 0 Å². The van der Waals surface area contributed by atoms with Gasteiger partial charge in [-0.25, -0.2) is 4.98 Å². The predicted octanol–water partition coefficient (Wildman–Crippen LogP) is 4.25. The van der Waals surface area contributed by atoms with Gasteiger partial charge in [0.05, 0.1) is 20.9 Å². The number of fused-ring (bicyclic) bond motifs is 1. The van der Waals surface area contributed by atoms with E-state index in [4.69, 9.17) is 5.73 Å². The minimum absolute atomic E-state index is 0.820. The van der Waals surface area contributed by atoms with E-state index >= 15 is 0 Å². The Balaban J connectivity index is 2.25. The summed E-state index contributed by atoms with van der Waals surface area (Å²) < 4.78 is 1.06. The van der Waals surface area contributed by atoms with Crippen molar-refractivity contribution in [2.75, 3.05) is 5.73 Å². The van der Waals surface area contributed by atoms with Gasteiger partial charge >= 0.3 is 0 Å². The number of thiophene rings is 1. The summed E-state index contributed by atoms with van der Waals surface area (Å²) in [5, 5.41) is 0.820. The minimum atomic E-state index is 0.820. The molecule has 0 aliphatic heterocycles. The van der Waals surface area contributed by atoms with Gasteiger partial charge in [-0.05, 0) is 43.2 Å². The van der Waals surface area contributed by atoms with Crippen LogP contribution in [0.25, 0.3) is 21.7 Å². The summed E-state index contributed by atoms with van der Waals surface area (Å²) in [6, 6.07) is 6.10. The van der Waals surface area contributed by atoms with Crippen LogP contribution in [0.4, 0.5) is 5.00 Å². The van der Waals surface area contributed by atoms with Gasteiger partial charge in [0, 0.05) is 4.47 Å². The normalized spacial score (nSPS) is 11.3. The van der Waals surface area contributed by atoms with Crippen LogP contribution in [0.5, 0.6) is 0 Å². The molecular formula is C13H12BrN3S. The van der Waals surface area contributed by atoms with Gasteiger partial charge in [-0.1, -0.05) is 15.9 Å². The fraction of sp³-hybridized carbons (Fsp3) is 0.154. The van der Waals surface area contributed by atoms with Crippen molar-refractivity contribution in [1.29, 1.82) is 0 Å². The number of aromatic amines is 1. The van der Waals surface area contributed by atoms with Crippen molar-refractivity contribution >= 4 is 43.3 Å². The van der Waals surface area contributed by atoms with E-state index in [2.05, 4.69) is 45.8 Å². The number of aryl methyl sites for hydroxylation is 2. The first-order valence-corrected chi connectivity index (χ1v) is 7.17. The Kier molecular flexibility index (Phi) is 2.68. The topological polar surface area (TPSA) is 54.7 Å². The van der Waals surface area contributed by atoms with Gasteiger partial charge in [0.25, 0.3) is 0 Å². The van der Waals surface area contributed by atoms with Gasteiger partial charge in [0.1, 0.15) is 5.82 Å². The summed E-state index contributed by atoms with van der Waals surface area (Å²) in [5.41, 5.74) is 10.2. The number of aromatic nitrogens is 2. The first kappa shape index (κ1) is 11.7. The lowest BCUT2D eigenvalue weighted by atomic mass is 10.2. The quantitative estimate of drug-likeness (QED) is 0.703. The number of H-pyrrole nitrogens is 1. The van der Waals surface area contributed by atoms with Crippen molar-refractivity contribution < 1.29 is 0 Å². The third-order valence-corrected chi connectivity index (χ3v) is 4.42. The van der Waals surface area contributed by atoms with E-state index in [0.29, 0.717) is 0 Å². The molecule has 0 aliphatic rings. The zero-order chi connectivity index (χ0) is 12.9. The molecule has 92 valence electrons. The lowest BCUT2D eigenvalue weighted by Gasteiger charge is -1.94. The maximum Gasteiger partial charge on any atom is 0.148 e. The van der Waals surface area contributed by atoms with Crippen LogP contribution in [0.1, 0.15) is 11.1 Å². The molecule has 3 N–H and O–H groups in total. The van der Waals surface area contributed by atoms with E-state index in [0.717, 1.165) is 42.3 Å². The van der Waals surface area contributed by atoms with Crippen LogP contribution in [0.2, 0.25) is 0 Å². The second-order valence-corrected chi connectivity index (χ2v) is 6.36. The predicted molar refractivity (Wildman–Crippen MR) is 81.0 cm³/mol. The van der Waals surface area contributed by atoms with E-state index < -0.39 is 0 Å². The van der Waals surface area contributed by atoms with E-state index in [9.17, 15) is 0 Å². The molecule has 18 heavy (non-hydrogen) atoms. The van der Waals surface area contributed by atoms with Gasteiger partial charge in [0.15, 0.2) is 0 Å². The molecule has 0 amide bonds. The smallest absolute Gasteiger partial charge is 0.148 e. The molecular weight excluding hydrogens is 310 g/mol. The zero-order valence-electron chi connectivity index (χ0n) is 10.0. The largest absolute Gasteiger partial charge is 0.391 e. The molecule has 0 radical (unpaired) electrons. The van der Waals surface area contributed by atoms with Gasteiger partial charge < -0.3 is 10.7 Å². The highest BCUT2D eigenvalue weighted by Crippen LogP contribution is 2.34. The number of imidazole rings is 1. The maximum absolute atomic E-state index is 5.83. The average molecular weight is 322 g/mol. The van der Waals surface area contributed by atoms with Crippen LogP contribution in [0, 0.1) is 13.8 Å². The van der Waals surface area contributed by atoms with Crippen molar-refractivity contribution in [1.82, 2.24) is 9.97 Å². The Morgan fingerprint density at radius 1 is 1.22 bits per heavy atom. The summed E-state index contributed by atoms with van der Waals surface area (Å²) in [6.07, 6.45) is 0. The number of halogens is 1. The standard InChI is InChI=1S/C13H12BrN3S/c1-6-3-8(14)5-9-11(6)17-13(16-9)12-7(2)4-10(15)18-12/h3-5H,15H2,1-2H3,(H,16,17). The molecule has 3 rings (SSSR count). The second-order valence-electron chi connectivity index (χ2n) is 4.37. The maximum atomic E-state index is 5.83. The molecule has 0 fully saturated rings. The lowest BCUT2D eigenvalue weighted by Crippen LogP contribution is -1.78. The summed E-state index contributed by atoms with van der Waals surface area (Å²) in [4.78, 5) is 9.15. The van der Waals surface area contributed by atoms with Crippen LogP contribution in [0.3, 0.4) is 0 Å². The Hall–Kier alpha value is -1.33. The van der Waals surface area contributed by atoms with Crippen molar-refractivity contribution in [3.8, 4) is 10.7 Å². The lowest BCUT2D eigenvalue weighted by molar-refractivity contribution is 1.33. The highest BCUT2D eigenvalue weighted by atomic mass is 79.9. The number of nitrogen functional groups attached to an aromatic ring is 1. The molecule has 5 heteroatoms. The van der Waals surface area contributed by atoms with E-state index in [1.54, 1.807) is 11.3 Å². The highest BCUT2D eigenvalue weighted by molar-refractivity contribution is 9.10. The van der Waals surface area contributed by atoms with Crippen molar-refractivity contribution in [3.63, 3.8) is 0 Å². The molecule has 0 saturated carbocycles. The van der Waals surface area contributed by atoms with Crippen LogP contribution in [-0.2, 0) is 0 Å². The van der Waals surface area contributed by atoms with Gasteiger partial charge in [-0.15, -0.1) is 11.3 Å². The second kappa shape index (κ2) is 4.10. The number of hydrogen-bond donors (Lipinski definition) is 2. The summed E-state index contributed by atoms with van der Waals surface area (Å²) in [5.74, 6) is 0.894. The number of nitrogens with two attached hydrogens (primary N) is 1. The fourth-order valence-electron chi connectivity index (χ4n) is 2.10. The summed E-state index contributed by atoms with van der Waals surface area (Å²) >= 11 is 5.07. The summed E-state index contributed by atoms with van der Waals surface area (Å²) in [7, 11) is 0. The van der Waals surface area contributed by atoms with E-state index in [1.807, 2.05) is 12.1 Å². The van der Waals surface area contributed by atoms with E-state index in [1.165, 1.54) is 0 Å². The first-order chi connectivity index (χ1) is 8.54. The van der Waals surface area contributed by atoms with Crippen LogP contribution < -0.4 is 5.73 Å². The zero-order valence-corrected chi connectivity index (χ0v) is 12.4. The van der Waals surface area contributed by atoms with Crippen LogP contribution >= 0.6 is 27.3 Å². The van der Waals surface area contributed by atoms with Crippen molar-refractivity contribution in [3.05, 3.63) is 33.8 Å². The first-order valence-electron chi connectivity index (χ1n) is 5.57. The third-order valence-electron chi connectivity index (χ3n) is 2.89. The number of anilines is 1. The van der Waals surface area contributed by atoms with Gasteiger partial charge in [-0.3, -0.25) is 0 Å². The Bertz CT molecular complexity index is 742. The molecule has 2 aromatic heterocycles. The van der Waals surface area contributed by atoms with Gasteiger partial charge in [0.2, 0.25) is 0 Å². The summed E-state index contributed by atoms with van der Waals surface area (Å²) in [6.45, 7) is 4.12. The molecule has 2 heterocycles. The molecule has 3 aromatic rings. The number of nitrogens with zero attached hydrogens (tertiary/aromatic N) is 1. The Labute approximate surface area is 117 Å². The minimum Gasteiger partial charge on any atom is -0.391 e. The fourth-order valence-corrected chi connectivity index (χ4v) is 3.55. The van der Waals surface area contributed by atoms with Crippen LogP contribution in [0.15, 0.2) is 22.7 Å². The Morgan fingerprint density at radius 2 is 2.00 bits per heavy atom. The molecule has 0 saturated heterocycles.